The molecule has 2 saturated heterocycles. The first kappa shape index (κ1) is 21.4. The number of methoxy groups -OCH3 is 1. The summed E-state index contributed by atoms with van der Waals surface area (Å²) in [6.07, 6.45) is 4.69. The Morgan fingerprint density at radius 3 is 2.34 bits per heavy atom. The summed E-state index contributed by atoms with van der Waals surface area (Å²) in [4.78, 5) is 21.3. The molecule has 0 spiro atoms. The van der Waals surface area contributed by atoms with Crippen molar-refractivity contribution < 1.29 is 9.53 Å². The molecular formula is C22H35N5O2. The first-order valence-electron chi connectivity index (χ1n) is 10.9. The van der Waals surface area contributed by atoms with Crippen molar-refractivity contribution in [2.75, 3.05) is 52.9 Å². The minimum Gasteiger partial charge on any atom is -0.497 e. The molecule has 2 N–H and O–H groups in total. The number of carbonyl (C=O) groups excluding carboxylic acids is 1. The highest BCUT2D eigenvalue weighted by atomic mass is 16.5. The number of carbonyl (C=O) groups is 1. The van der Waals surface area contributed by atoms with Crippen LogP contribution in [0.3, 0.4) is 0 Å². The third-order valence-electron chi connectivity index (χ3n) is 5.72. The van der Waals surface area contributed by atoms with Crippen LogP contribution in [0, 0.1) is 0 Å². The number of rotatable bonds is 8. The minimum atomic E-state index is 0.117. The third-order valence-corrected chi connectivity index (χ3v) is 5.72. The van der Waals surface area contributed by atoms with Gasteiger partial charge in [-0.25, -0.2) is 4.99 Å². The first-order valence-corrected chi connectivity index (χ1v) is 10.9. The largest absolute Gasteiger partial charge is 0.497 e. The number of nitrogens with zero attached hydrogens (tertiary/aromatic N) is 3. The van der Waals surface area contributed by atoms with Crippen LogP contribution in [0.1, 0.15) is 44.2 Å². The summed E-state index contributed by atoms with van der Waals surface area (Å²) in [5, 5.41) is 6.74. The van der Waals surface area contributed by atoms with E-state index in [1.54, 1.807) is 7.11 Å². The van der Waals surface area contributed by atoms with Crippen LogP contribution in [0.2, 0.25) is 0 Å². The van der Waals surface area contributed by atoms with E-state index < -0.39 is 0 Å². The lowest BCUT2D eigenvalue weighted by molar-refractivity contribution is -0.128. The Balaban J connectivity index is 1.64. The number of hydrogen-bond donors (Lipinski definition) is 2. The second-order valence-corrected chi connectivity index (χ2v) is 7.70. The van der Waals surface area contributed by atoms with Gasteiger partial charge in [0.05, 0.1) is 13.2 Å². The van der Waals surface area contributed by atoms with Gasteiger partial charge in [-0.3, -0.25) is 9.69 Å². The number of aliphatic imine (C=N–C) groups is 1. The number of guanidine groups is 1. The zero-order valence-electron chi connectivity index (χ0n) is 17.8. The maximum absolute atomic E-state index is 12.3. The van der Waals surface area contributed by atoms with Crippen molar-refractivity contribution in [3.8, 4) is 5.75 Å². The molecule has 1 unspecified atom stereocenters. The van der Waals surface area contributed by atoms with E-state index in [0.717, 1.165) is 57.9 Å². The Morgan fingerprint density at radius 1 is 1.07 bits per heavy atom. The molecule has 0 bridgehead atoms. The molecule has 160 valence electrons. The van der Waals surface area contributed by atoms with Gasteiger partial charge in [-0.1, -0.05) is 12.1 Å². The van der Waals surface area contributed by atoms with E-state index in [1.165, 1.54) is 18.4 Å². The Hall–Kier alpha value is -2.28. The van der Waals surface area contributed by atoms with Gasteiger partial charge in [0, 0.05) is 26.2 Å². The average molecular weight is 402 g/mol. The molecule has 7 heteroatoms. The normalized spacial score (nSPS) is 18.7. The van der Waals surface area contributed by atoms with Gasteiger partial charge in [0.15, 0.2) is 5.96 Å². The molecule has 3 rings (SSSR count). The fraction of sp³-hybridized carbons (Fsp3) is 0.636. The van der Waals surface area contributed by atoms with Crippen molar-refractivity contribution in [2.24, 2.45) is 4.99 Å². The van der Waals surface area contributed by atoms with E-state index in [-0.39, 0.29) is 18.5 Å². The van der Waals surface area contributed by atoms with Crippen LogP contribution >= 0.6 is 0 Å². The Labute approximate surface area is 174 Å². The van der Waals surface area contributed by atoms with Gasteiger partial charge in [0.2, 0.25) is 5.91 Å². The van der Waals surface area contributed by atoms with Crippen LogP contribution in [0.4, 0.5) is 0 Å². The van der Waals surface area contributed by atoms with Gasteiger partial charge in [-0.05, 0) is 63.4 Å². The second-order valence-electron chi connectivity index (χ2n) is 7.70. The summed E-state index contributed by atoms with van der Waals surface area (Å²) in [5.41, 5.74) is 1.27. The molecule has 0 saturated carbocycles. The highest BCUT2D eigenvalue weighted by Crippen LogP contribution is 2.26. The van der Waals surface area contributed by atoms with Crippen LogP contribution in [0.15, 0.2) is 29.3 Å². The molecule has 1 atom stereocenters. The average Bonchev–Trinajstić information content (AvgIpc) is 3.46. The number of likely N-dealkylation sites (tertiary alicyclic amines) is 2. The van der Waals surface area contributed by atoms with E-state index >= 15 is 0 Å². The van der Waals surface area contributed by atoms with E-state index in [4.69, 9.17) is 4.74 Å². The summed E-state index contributed by atoms with van der Waals surface area (Å²) < 4.78 is 5.31. The molecule has 2 aliphatic heterocycles. The summed E-state index contributed by atoms with van der Waals surface area (Å²) in [6.45, 7) is 7.71. The first-order chi connectivity index (χ1) is 14.2. The lowest BCUT2D eigenvalue weighted by Gasteiger charge is -2.29. The molecule has 2 heterocycles. The Morgan fingerprint density at radius 2 is 1.72 bits per heavy atom. The van der Waals surface area contributed by atoms with Crippen LogP contribution in [0.5, 0.6) is 5.75 Å². The molecule has 7 nitrogen and oxygen atoms in total. The number of hydrogen-bond acceptors (Lipinski definition) is 4. The fourth-order valence-electron chi connectivity index (χ4n) is 4.09. The lowest BCUT2D eigenvalue weighted by atomic mass is 10.1. The van der Waals surface area contributed by atoms with Gasteiger partial charge in [-0.2, -0.15) is 0 Å². The molecule has 2 aliphatic rings. The minimum absolute atomic E-state index is 0.117. The van der Waals surface area contributed by atoms with E-state index in [2.05, 4.69) is 32.7 Å². The number of ether oxygens (including phenoxy) is 1. The number of amides is 1. The summed E-state index contributed by atoms with van der Waals surface area (Å²) in [7, 11) is 1.69. The number of benzene rings is 1. The lowest BCUT2D eigenvalue weighted by Crippen LogP contribution is -2.43. The maximum atomic E-state index is 12.3. The predicted octanol–water partition coefficient (Wildman–Crippen LogP) is 2.01. The highest BCUT2D eigenvalue weighted by molar-refractivity contribution is 5.85. The van der Waals surface area contributed by atoms with Gasteiger partial charge in [-0.15, -0.1) is 0 Å². The summed E-state index contributed by atoms with van der Waals surface area (Å²) >= 11 is 0. The molecule has 2 fully saturated rings. The second kappa shape index (κ2) is 11.0. The zero-order chi connectivity index (χ0) is 20.5. The molecule has 1 amide bonds. The summed E-state index contributed by atoms with van der Waals surface area (Å²) in [6, 6.07) is 8.59. The highest BCUT2D eigenvalue weighted by Gasteiger charge is 2.24. The molecule has 1 aromatic carbocycles. The van der Waals surface area contributed by atoms with E-state index in [1.807, 2.05) is 24.0 Å². The van der Waals surface area contributed by atoms with Crippen LogP contribution < -0.4 is 15.4 Å². The van der Waals surface area contributed by atoms with E-state index in [9.17, 15) is 4.79 Å². The topological polar surface area (TPSA) is 69.2 Å². The van der Waals surface area contributed by atoms with Crippen molar-refractivity contribution in [1.29, 1.82) is 0 Å². The molecule has 0 aromatic heterocycles. The van der Waals surface area contributed by atoms with Gasteiger partial charge in [0.25, 0.3) is 0 Å². The summed E-state index contributed by atoms with van der Waals surface area (Å²) in [5.74, 6) is 1.70. The zero-order valence-corrected chi connectivity index (χ0v) is 17.8. The number of nitrogens with one attached hydrogen (secondary N) is 2. The smallest absolute Gasteiger partial charge is 0.244 e. The van der Waals surface area contributed by atoms with Crippen LogP contribution in [-0.4, -0.2) is 74.6 Å². The SMILES string of the molecule is CCNC(=NCC(=O)N1CCCC1)NCC(c1ccc(OC)cc1)N1CCCC1. The third kappa shape index (κ3) is 6.10. The van der Waals surface area contributed by atoms with Gasteiger partial charge >= 0.3 is 0 Å². The standard InChI is InChI=1S/C22H35N5O2/c1-3-23-22(25-17-21(28)27-14-6-7-15-27)24-16-20(26-12-4-5-13-26)18-8-10-19(29-2)11-9-18/h8-11,20H,3-7,12-17H2,1-2H3,(H2,23,24,25). The fourth-order valence-corrected chi connectivity index (χ4v) is 4.09. The van der Waals surface area contributed by atoms with Crippen LogP contribution in [-0.2, 0) is 4.79 Å². The molecule has 0 aliphatic carbocycles. The molecular weight excluding hydrogens is 366 g/mol. The van der Waals surface area contributed by atoms with Gasteiger partial charge < -0.3 is 20.3 Å². The van der Waals surface area contributed by atoms with Crippen LogP contribution in [0.25, 0.3) is 0 Å². The quantitative estimate of drug-likeness (QED) is 0.515. The monoisotopic (exact) mass is 401 g/mol. The molecule has 1 aromatic rings. The predicted molar refractivity (Wildman–Crippen MR) is 116 cm³/mol. The van der Waals surface area contributed by atoms with E-state index in [0.29, 0.717) is 5.96 Å². The molecule has 29 heavy (non-hydrogen) atoms. The van der Waals surface area contributed by atoms with Crippen molar-refractivity contribution in [1.82, 2.24) is 20.4 Å². The Kier molecular flexibility index (Phi) is 8.16. The maximum Gasteiger partial charge on any atom is 0.244 e. The van der Waals surface area contributed by atoms with Crippen molar-refractivity contribution in [2.45, 2.75) is 38.6 Å². The Bertz CT molecular complexity index is 664. The van der Waals surface area contributed by atoms with Gasteiger partial charge in [0.1, 0.15) is 12.3 Å². The molecule has 0 radical (unpaired) electrons. The van der Waals surface area contributed by atoms with Crippen molar-refractivity contribution in [3.63, 3.8) is 0 Å². The van der Waals surface area contributed by atoms with Crippen molar-refractivity contribution >= 4 is 11.9 Å². The van der Waals surface area contributed by atoms with Crippen molar-refractivity contribution in [3.05, 3.63) is 29.8 Å².